The second kappa shape index (κ2) is 2.30. The van der Waals surface area contributed by atoms with Gasteiger partial charge in [0.2, 0.25) is 6.41 Å². The molecule has 1 amide bonds. The molecule has 0 aromatic carbocycles. The molecular formula is C4H6N2O2. The quantitative estimate of drug-likeness (QED) is 0.428. The van der Waals surface area contributed by atoms with Gasteiger partial charge in [-0.25, -0.2) is 0 Å². The molecule has 0 spiro atoms. The van der Waals surface area contributed by atoms with E-state index in [0.717, 1.165) is 0 Å². The first-order chi connectivity index (χ1) is 3.93. The van der Waals surface area contributed by atoms with E-state index in [1.165, 1.54) is 11.2 Å². The molecule has 8 heavy (non-hydrogen) atoms. The molecule has 4 heteroatoms. The first kappa shape index (κ1) is 5.08. The monoisotopic (exact) mass is 114 g/mol. The maximum Gasteiger partial charge on any atom is 0.215 e. The lowest BCUT2D eigenvalue weighted by Crippen LogP contribution is -2.27. The van der Waals surface area contributed by atoms with Crippen LogP contribution in [0.2, 0.25) is 0 Å². The lowest BCUT2D eigenvalue weighted by molar-refractivity contribution is -0.115. The van der Waals surface area contributed by atoms with Crippen LogP contribution in [0, 0.1) is 0 Å². The van der Waals surface area contributed by atoms with E-state index in [2.05, 4.69) is 9.99 Å². The Kier molecular flexibility index (Phi) is 1.46. The highest BCUT2D eigenvalue weighted by molar-refractivity contribution is 5.72. The number of hydrogen-bond donors (Lipinski definition) is 0. The van der Waals surface area contributed by atoms with Crippen LogP contribution in [0.15, 0.2) is 5.16 Å². The Hall–Kier alpha value is -1.06. The molecule has 0 aliphatic carbocycles. The van der Waals surface area contributed by atoms with E-state index in [4.69, 9.17) is 0 Å². The SMILES string of the molecule is O=CN1C=NOCC1. The maximum atomic E-state index is 9.94. The number of hydrogen-bond acceptors (Lipinski definition) is 3. The van der Waals surface area contributed by atoms with Crippen molar-refractivity contribution in [2.24, 2.45) is 5.16 Å². The Morgan fingerprint density at radius 2 is 2.75 bits per heavy atom. The number of carbonyl (C=O) groups is 1. The standard InChI is InChI=1S/C4H6N2O2/c7-4-6-1-2-8-5-3-6/h3-4H,1-2H2. The lowest BCUT2D eigenvalue weighted by Gasteiger charge is -2.13. The summed E-state index contributed by atoms with van der Waals surface area (Å²) in [6.07, 6.45) is 2.07. The number of nitrogens with zero attached hydrogens (tertiary/aromatic N) is 2. The van der Waals surface area contributed by atoms with Crippen LogP contribution in [-0.2, 0) is 9.63 Å². The molecule has 1 heterocycles. The van der Waals surface area contributed by atoms with Crippen LogP contribution in [0.4, 0.5) is 0 Å². The zero-order chi connectivity index (χ0) is 5.82. The Morgan fingerprint density at radius 1 is 1.88 bits per heavy atom. The molecule has 1 aliphatic heterocycles. The van der Waals surface area contributed by atoms with Crippen LogP contribution in [-0.4, -0.2) is 30.8 Å². The topological polar surface area (TPSA) is 41.9 Å². The number of rotatable bonds is 1. The molecule has 4 nitrogen and oxygen atoms in total. The van der Waals surface area contributed by atoms with E-state index in [-0.39, 0.29) is 0 Å². The highest BCUT2D eigenvalue weighted by atomic mass is 16.6. The molecule has 1 rings (SSSR count). The van der Waals surface area contributed by atoms with E-state index >= 15 is 0 Å². The van der Waals surface area contributed by atoms with Gasteiger partial charge in [-0.05, 0) is 0 Å². The summed E-state index contributed by atoms with van der Waals surface area (Å²) in [5.41, 5.74) is 0. The van der Waals surface area contributed by atoms with Crippen molar-refractivity contribution in [2.45, 2.75) is 0 Å². The van der Waals surface area contributed by atoms with E-state index < -0.39 is 0 Å². The third kappa shape index (κ3) is 0.959. The molecule has 0 atom stereocenters. The fourth-order valence-electron chi connectivity index (χ4n) is 0.430. The first-order valence-corrected chi connectivity index (χ1v) is 2.30. The highest BCUT2D eigenvalue weighted by Crippen LogP contribution is 1.87. The van der Waals surface area contributed by atoms with Crippen molar-refractivity contribution < 1.29 is 9.63 Å². The minimum atomic E-state index is 0.495. The minimum Gasteiger partial charge on any atom is -0.393 e. The van der Waals surface area contributed by atoms with Crippen LogP contribution in [0.5, 0.6) is 0 Å². The van der Waals surface area contributed by atoms with Gasteiger partial charge in [-0.15, -0.1) is 0 Å². The predicted octanol–water partition coefficient (Wildman–Crippen LogP) is -0.582. The minimum absolute atomic E-state index is 0.495. The summed E-state index contributed by atoms with van der Waals surface area (Å²) < 4.78 is 0. The summed E-state index contributed by atoms with van der Waals surface area (Å²) in [7, 11) is 0. The Labute approximate surface area is 46.7 Å². The fraction of sp³-hybridized carbons (Fsp3) is 0.500. The molecule has 0 radical (unpaired) electrons. The van der Waals surface area contributed by atoms with Gasteiger partial charge in [0.1, 0.15) is 12.9 Å². The highest BCUT2D eigenvalue weighted by Gasteiger charge is 2.00. The van der Waals surface area contributed by atoms with Crippen molar-refractivity contribution in [2.75, 3.05) is 13.2 Å². The second-order valence-corrected chi connectivity index (χ2v) is 1.40. The van der Waals surface area contributed by atoms with Crippen molar-refractivity contribution >= 4 is 12.7 Å². The maximum absolute atomic E-state index is 9.94. The molecule has 1 aliphatic rings. The van der Waals surface area contributed by atoms with E-state index in [9.17, 15) is 4.79 Å². The zero-order valence-electron chi connectivity index (χ0n) is 4.28. The molecule has 44 valence electrons. The van der Waals surface area contributed by atoms with Crippen LogP contribution >= 0.6 is 0 Å². The van der Waals surface area contributed by atoms with Gasteiger partial charge in [0.05, 0.1) is 6.54 Å². The molecular weight excluding hydrogens is 108 g/mol. The van der Waals surface area contributed by atoms with E-state index in [1.54, 1.807) is 0 Å². The Bertz CT molecular complexity index is 113. The summed E-state index contributed by atoms with van der Waals surface area (Å²) >= 11 is 0. The van der Waals surface area contributed by atoms with Gasteiger partial charge in [-0.2, -0.15) is 0 Å². The average Bonchev–Trinajstić information content (AvgIpc) is 1.90. The van der Waals surface area contributed by atoms with Crippen molar-refractivity contribution in [3.05, 3.63) is 0 Å². The summed E-state index contributed by atoms with van der Waals surface area (Å²) in [6, 6.07) is 0. The molecule has 0 fully saturated rings. The van der Waals surface area contributed by atoms with Crippen LogP contribution in [0.25, 0.3) is 0 Å². The Morgan fingerprint density at radius 3 is 3.12 bits per heavy atom. The molecule has 0 saturated heterocycles. The normalized spacial score (nSPS) is 17.8. The predicted molar refractivity (Wildman–Crippen MR) is 27.2 cm³/mol. The van der Waals surface area contributed by atoms with Gasteiger partial charge >= 0.3 is 0 Å². The molecule has 0 bridgehead atoms. The number of carbonyl (C=O) groups excluding carboxylic acids is 1. The average molecular weight is 114 g/mol. The summed E-state index contributed by atoms with van der Waals surface area (Å²) in [4.78, 5) is 15.9. The van der Waals surface area contributed by atoms with Crippen molar-refractivity contribution in [1.82, 2.24) is 4.90 Å². The number of oxime groups is 1. The van der Waals surface area contributed by atoms with Gasteiger partial charge in [-0.3, -0.25) is 9.69 Å². The van der Waals surface area contributed by atoms with E-state index in [0.29, 0.717) is 19.6 Å². The molecule has 0 N–H and O–H groups in total. The lowest BCUT2D eigenvalue weighted by atomic mass is 10.6. The summed E-state index contributed by atoms with van der Waals surface area (Å²) in [6.45, 7) is 1.10. The molecule has 0 saturated carbocycles. The smallest absolute Gasteiger partial charge is 0.215 e. The van der Waals surface area contributed by atoms with Gasteiger partial charge in [0.15, 0.2) is 0 Å². The second-order valence-electron chi connectivity index (χ2n) is 1.40. The Balaban J connectivity index is 2.42. The third-order valence-corrected chi connectivity index (χ3v) is 0.846. The fourth-order valence-corrected chi connectivity index (χ4v) is 0.430. The molecule has 0 aromatic heterocycles. The largest absolute Gasteiger partial charge is 0.393 e. The van der Waals surface area contributed by atoms with Gasteiger partial charge < -0.3 is 4.84 Å². The van der Waals surface area contributed by atoms with Crippen molar-refractivity contribution in [3.8, 4) is 0 Å². The molecule has 0 unspecified atom stereocenters. The van der Waals surface area contributed by atoms with Crippen LogP contribution < -0.4 is 0 Å². The summed E-state index contributed by atoms with van der Waals surface area (Å²) in [5.74, 6) is 0. The number of amides is 1. The summed E-state index contributed by atoms with van der Waals surface area (Å²) in [5, 5.41) is 3.40. The van der Waals surface area contributed by atoms with Gasteiger partial charge in [0.25, 0.3) is 0 Å². The first-order valence-electron chi connectivity index (χ1n) is 2.30. The zero-order valence-corrected chi connectivity index (χ0v) is 4.28. The van der Waals surface area contributed by atoms with Gasteiger partial charge in [0, 0.05) is 0 Å². The van der Waals surface area contributed by atoms with Gasteiger partial charge in [-0.1, -0.05) is 5.16 Å². The van der Waals surface area contributed by atoms with E-state index in [1.807, 2.05) is 0 Å². The van der Waals surface area contributed by atoms with Crippen LogP contribution in [0.3, 0.4) is 0 Å². The van der Waals surface area contributed by atoms with Crippen LogP contribution in [0.1, 0.15) is 0 Å². The van der Waals surface area contributed by atoms with Crippen molar-refractivity contribution in [1.29, 1.82) is 0 Å². The third-order valence-electron chi connectivity index (χ3n) is 0.846. The van der Waals surface area contributed by atoms with Crippen molar-refractivity contribution in [3.63, 3.8) is 0 Å². The molecule has 0 aromatic rings.